The van der Waals surface area contributed by atoms with Gasteiger partial charge >= 0.3 is 0 Å². The van der Waals surface area contributed by atoms with E-state index in [1.807, 2.05) is 18.2 Å². The van der Waals surface area contributed by atoms with Crippen molar-refractivity contribution in [1.82, 2.24) is 10.3 Å². The normalized spacial score (nSPS) is 13.7. The van der Waals surface area contributed by atoms with Crippen LogP contribution in [0.5, 0.6) is 5.75 Å². The number of rotatable bonds is 5. The van der Waals surface area contributed by atoms with Crippen LogP contribution in [0.15, 0.2) is 71.6 Å². The van der Waals surface area contributed by atoms with E-state index in [1.54, 1.807) is 36.4 Å². The molecule has 0 saturated carbocycles. The first kappa shape index (κ1) is 18.9. The summed E-state index contributed by atoms with van der Waals surface area (Å²) in [6.07, 6.45) is 0. The van der Waals surface area contributed by atoms with E-state index < -0.39 is 21.8 Å². The number of fused-ring (bicyclic) bond motifs is 2. The SMILES string of the molecule is O=C(CN1C(=O)COc2ccccc21)NNS(=O)(=O)c1ccc2ccccc2c1. The highest BCUT2D eigenvalue weighted by Gasteiger charge is 2.27. The number of amides is 2. The van der Waals surface area contributed by atoms with Gasteiger partial charge in [-0.2, -0.15) is 0 Å². The Bertz CT molecular complexity index is 1210. The maximum atomic E-state index is 12.5. The van der Waals surface area contributed by atoms with Gasteiger partial charge in [-0.05, 0) is 35.0 Å². The number of benzene rings is 3. The summed E-state index contributed by atoms with van der Waals surface area (Å²) in [7, 11) is -3.97. The third-order valence-corrected chi connectivity index (χ3v) is 5.71. The lowest BCUT2D eigenvalue weighted by atomic mass is 10.1. The number of carbonyl (C=O) groups is 2. The van der Waals surface area contributed by atoms with Gasteiger partial charge in [0, 0.05) is 0 Å². The average Bonchev–Trinajstić information content (AvgIpc) is 2.74. The van der Waals surface area contributed by atoms with E-state index in [-0.39, 0.29) is 18.0 Å². The van der Waals surface area contributed by atoms with Gasteiger partial charge in [0.1, 0.15) is 12.3 Å². The Balaban J connectivity index is 1.45. The van der Waals surface area contributed by atoms with Crippen molar-refractivity contribution in [3.63, 3.8) is 0 Å². The molecule has 29 heavy (non-hydrogen) atoms. The fourth-order valence-electron chi connectivity index (χ4n) is 3.03. The Labute approximate surface area is 167 Å². The maximum absolute atomic E-state index is 12.5. The number of anilines is 1. The molecular weight excluding hydrogens is 394 g/mol. The second-order valence-corrected chi connectivity index (χ2v) is 8.08. The maximum Gasteiger partial charge on any atom is 0.265 e. The molecule has 1 heterocycles. The molecule has 1 aliphatic heterocycles. The third kappa shape index (κ3) is 3.91. The largest absolute Gasteiger partial charge is 0.482 e. The van der Waals surface area contributed by atoms with Crippen molar-refractivity contribution >= 4 is 38.3 Å². The molecule has 0 aliphatic carbocycles. The van der Waals surface area contributed by atoms with Crippen LogP contribution in [-0.2, 0) is 19.6 Å². The number of hydrogen-bond donors (Lipinski definition) is 2. The summed E-state index contributed by atoms with van der Waals surface area (Å²) in [4.78, 5) is 27.7. The van der Waals surface area contributed by atoms with Gasteiger partial charge in [-0.15, -0.1) is 4.83 Å². The van der Waals surface area contributed by atoms with Gasteiger partial charge in [-0.3, -0.25) is 19.9 Å². The van der Waals surface area contributed by atoms with Crippen molar-refractivity contribution in [2.24, 2.45) is 0 Å². The molecule has 3 aromatic carbocycles. The van der Waals surface area contributed by atoms with Gasteiger partial charge in [-0.25, -0.2) is 8.42 Å². The van der Waals surface area contributed by atoms with Crippen LogP contribution in [0.2, 0.25) is 0 Å². The Kier molecular flexibility index (Phi) is 4.91. The zero-order valence-corrected chi connectivity index (χ0v) is 16.0. The molecule has 0 unspecified atom stereocenters. The van der Waals surface area contributed by atoms with Crippen LogP contribution in [-0.4, -0.2) is 33.4 Å². The Hall–Kier alpha value is -3.43. The topological polar surface area (TPSA) is 105 Å². The molecule has 0 aromatic heterocycles. The van der Waals surface area contributed by atoms with Crippen molar-refractivity contribution in [1.29, 1.82) is 0 Å². The van der Waals surface area contributed by atoms with Crippen LogP contribution in [0.4, 0.5) is 5.69 Å². The molecule has 0 radical (unpaired) electrons. The van der Waals surface area contributed by atoms with E-state index in [2.05, 4.69) is 10.3 Å². The highest BCUT2D eigenvalue weighted by atomic mass is 32.2. The lowest BCUT2D eigenvalue weighted by molar-refractivity contribution is -0.125. The van der Waals surface area contributed by atoms with Gasteiger partial charge in [0.25, 0.3) is 21.8 Å². The van der Waals surface area contributed by atoms with Crippen molar-refractivity contribution in [2.45, 2.75) is 4.90 Å². The summed E-state index contributed by atoms with van der Waals surface area (Å²) in [5.41, 5.74) is 2.61. The zero-order chi connectivity index (χ0) is 20.4. The van der Waals surface area contributed by atoms with Gasteiger partial charge < -0.3 is 4.74 Å². The van der Waals surface area contributed by atoms with E-state index in [4.69, 9.17) is 4.74 Å². The minimum absolute atomic E-state index is 0.0179. The molecule has 0 bridgehead atoms. The predicted octanol–water partition coefficient (Wildman–Crippen LogP) is 1.57. The van der Waals surface area contributed by atoms with E-state index in [0.717, 1.165) is 10.8 Å². The molecule has 4 rings (SSSR count). The number of para-hydroxylation sites is 2. The number of hydrogen-bond acceptors (Lipinski definition) is 5. The second kappa shape index (κ2) is 7.53. The molecule has 0 fully saturated rings. The Morgan fingerprint density at radius 2 is 1.72 bits per heavy atom. The zero-order valence-electron chi connectivity index (χ0n) is 15.2. The first-order valence-electron chi connectivity index (χ1n) is 8.76. The van der Waals surface area contributed by atoms with E-state index in [0.29, 0.717) is 11.4 Å². The van der Waals surface area contributed by atoms with Crippen LogP contribution < -0.4 is 19.9 Å². The molecule has 148 valence electrons. The van der Waals surface area contributed by atoms with Crippen molar-refractivity contribution in [3.05, 3.63) is 66.7 Å². The van der Waals surface area contributed by atoms with E-state index in [9.17, 15) is 18.0 Å². The molecule has 0 atom stereocenters. The minimum atomic E-state index is -3.97. The second-order valence-electron chi connectivity index (χ2n) is 6.40. The highest BCUT2D eigenvalue weighted by Crippen LogP contribution is 2.31. The predicted molar refractivity (Wildman–Crippen MR) is 107 cm³/mol. The minimum Gasteiger partial charge on any atom is -0.482 e. The number of carbonyl (C=O) groups excluding carboxylic acids is 2. The molecule has 1 aliphatic rings. The smallest absolute Gasteiger partial charge is 0.265 e. The van der Waals surface area contributed by atoms with E-state index >= 15 is 0 Å². The molecule has 3 aromatic rings. The molecule has 2 N–H and O–H groups in total. The Morgan fingerprint density at radius 1 is 1.00 bits per heavy atom. The van der Waals surface area contributed by atoms with Crippen LogP contribution in [0.25, 0.3) is 10.8 Å². The Morgan fingerprint density at radius 3 is 2.55 bits per heavy atom. The standard InChI is InChI=1S/C20H17N3O5S/c24-19(12-23-17-7-3-4-8-18(17)28-13-20(23)25)21-22-29(26,27)16-10-9-14-5-1-2-6-15(14)11-16/h1-11,22H,12-13H2,(H,21,24). The van der Waals surface area contributed by atoms with Gasteiger partial charge in [0.15, 0.2) is 6.61 Å². The summed E-state index contributed by atoms with van der Waals surface area (Å²) in [6.45, 7) is -0.535. The third-order valence-electron chi connectivity index (χ3n) is 4.47. The van der Waals surface area contributed by atoms with Gasteiger partial charge in [-0.1, -0.05) is 42.5 Å². The fraction of sp³-hybridized carbons (Fsp3) is 0.100. The quantitative estimate of drug-likeness (QED) is 0.620. The summed E-state index contributed by atoms with van der Waals surface area (Å²) in [5.74, 6) is -0.590. The average molecular weight is 411 g/mol. The first-order valence-corrected chi connectivity index (χ1v) is 10.2. The summed E-state index contributed by atoms with van der Waals surface area (Å²) >= 11 is 0. The lowest BCUT2D eigenvalue weighted by Crippen LogP contribution is -2.49. The fourth-order valence-corrected chi connectivity index (χ4v) is 3.92. The summed E-state index contributed by atoms with van der Waals surface area (Å²) < 4.78 is 30.3. The van der Waals surface area contributed by atoms with Crippen molar-refractivity contribution in [2.75, 3.05) is 18.1 Å². The number of nitrogens with zero attached hydrogens (tertiary/aromatic N) is 1. The molecule has 0 spiro atoms. The summed E-state index contributed by atoms with van der Waals surface area (Å²) in [5, 5.41) is 1.66. The van der Waals surface area contributed by atoms with E-state index in [1.165, 1.54) is 17.0 Å². The highest BCUT2D eigenvalue weighted by molar-refractivity contribution is 7.89. The van der Waals surface area contributed by atoms with Crippen molar-refractivity contribution < 1.29 is 22.7 Å². The summed E-state index contributed by atoms with van der Waals surface area (Å²) in [6, 6.07) is 18.8. The number of ether oxygens (including phenoxy) is 1. The van der Waals surface area contributed by atoms with Crippen LogP contribution in [0.3, 0.4) is 0 Å². The monoisotopic (exact) mass is 411 g/mol. The van der Waals surface area contributed by atoms with Crippen molar-refractivity contribution in [3.8, 4) is 5.75 Å². The van der Waals surface area contributed by atoms with Gasteiger partial charge in [0.2, 0.25) is 0 Å². The molecule has 2 amide bonds. The number of nitrogens with one attached hydrogen (secondary N) is 2. The molecular formula is C20H17N3O5S. The van der Waals surface area contributed by atoms with Crippen LogP contribution in [0.1, 0.15) is 0 Å². The molecule has 0 saturated heterocycles. The molecule has 8 nitrogen and oxygen atoms in total. The number of sulfonamides is 1. The van der Waals surface area contributed by atoms with Crippen LogP contribution in [0, 0.1) is 0 Å². The first-order chi connectivity index (χ1) is 13.9. The molecule has 9 heteroatoms. The van der Waals surface area contributed by atoms with Gasteiger partial charge in [0.05, 0.1) is 10.6 Å². The lowest BCUT2D eigenvalue weighted by Gasteiger charge is -2.28. The number of hydrazine groups is 1. The van der Waals surface area contributed by atoms with Crippen LogP contribution >= 0.6 is 0 Å².